The fourth-order valence-electron chi connectivity index (χ4n) is 5.88. The molecule has 1 saturated heterocycles. The predicted molar refractivity (Wildman–Crippen MR) is 153 cm³/mol. The van der Waals surface area contributed by atoms with Crippen molar-refractivity contribution in [2.75, 3.05) is 44.3 Å². The normalized spacial score (nSPS) is 17.1. The molecule has 0 unspecified atom stereocenters. The van der Waals surface area contributed by atoms with E-state index in [1.54, 1.807) is 6.20 Å². The quantitative estimate of drug-likeness (QED) is 0.371. The summed E-state index contributed by atoms with van der Waals surface area (Å²) in [5.74, 6) is 2.02. The molecule has 3 aromatic carbocycles. The Hall–Kier alpha value is -4.30. The molecule has 0 amide bonds. The maximum Gasteiger partial charge on any atom is 0.316 e. The van der Waals surface area contributed by atoms with E-state index in [4.69, 9.17) is 14.2 Å². The van der Waals surface area contributed by atoms with Gasteiger partial charge < -0.3 is 19.1 Å². The van der Waals surface area contributed by atoms with Crippen LogP contribution in [0.2, 0.25) is 0 Å². The average Bonchev–Trinajstić information content (AvgIpc) is 3.42. The van der Waals surface area contributed by atoms with Crippen LogP contribution < -0.4 is 24.7 Å². The summed E-state index contributed by atoms with van der Waals surface area (Å²) in [5.41, 5.74) is 5.06. The summed E-state index contributed by atoms with van der Waals surface area (Å²) in [4.78, 5) is 18.5. The maximum absolute atomic E-state index is 13.8. The van der Waals surface area contributed by atoms with Gasteiger partial charge in [-0.1, -0.05) is 48.5 Å². The van der Waals surface area contributed by atoms with Crippen LogP contribution in [0.15, 0.2) is 83.8 Å². The van der Waals surface area contributed by atoms with Gasteiger partial charge in [-0.2, -0.15) is 9.78 Å². The van der Waals surface area contributed by atoms with Crippen LogP contribution in [0, 0.1) is 0 Å². The van der Waals surface area contributed by atoms with Crippen molar-refractivity contribution in [2.45, 2.75) is 25.5 Å². The number of hydrogen-bond donors (Lipinski definition) is 0. The van der Waals surface area contributed by atoms with Gasteiger partial charge in [0.05, 0.1) is 11.9 Å². The van der Waals surface area contributed by atoms with E-state index in [1.807, 2.05) is 36.4 Å². The van der Waals surface area contributed by atoms with Crippen molar-refractivity contribution >= 4 is 5.69 Å². The number of hydrogen-bond acceptors (Lipinski definition) is 7. The molecule has 0 N–H and O–H groups in total. The van der Waals surface area contributed by atoms with Gasteiger partial charge >= 0.3 is 5.56 Å². The summed E-state index contributed by atoms with van der Waals surface area (Å²) < 4.78 is 19.4. The van der Waals surface area contributed by atoms with Crippen molar-refractivity contribution in [2.24, 2.45) is 0 Å². The van der Waals surface area contributed by atoms with Crippen LogP contribution in [0.5, 0.6) is 17.2 Å². The number of aromatic nitrogens is 2. The molecular formula is C32H32N4O4. The smallest absolute Gasteiger partial charge is 0.316 e. The van der Waals surface area contributed by atoms with E-state index in [1.165, 1.54) is 21.4 Å². The standard InChI is InChI=1S/C32H32N4O4/c37-32-31(40-27-19-24-6-4-5-7-25(24)20-27)28(21-33-36(32)26-8-2-1-3-9-26)35-14-12-34(13-15-35)22-23-10-11-29-30(18-23)39-17-16-38-29/h1-11,18,21,27H,12-17,19-20,22H2. The SMILES string of the molecule is O=c1c(OC2Cc3ccccc3C2)c(N2CCN(Cc3ccc4c(c3)OCCO4)CC2)cnn1-c1ccccc1. The summed E-state index contributed by atoms with van der Waals surface area (Å²) in [6.45, 7) is 5.31. The highest BCUT2D eigenvalue weighted by Crippen LogP contribution is 2.33. The number of benzene rings is 3. The summed E-state index contributed by atoms with van der Waals surface area (Å²) in [6.07, 6.45) is 3.31. The number of piperazine rings is 1. The van der Waals surface area contributed by atoms with Crippen LogP contribution in [0.1, 0.15) is 16.7 Å². The van der Waals surface area contributed by atoms with E-state index >= 15 is 0 Å². The molecule has 40 heavy (non-hydrogen) atoms. The molecule has 2 aliphatic heterocycles. The third kappa shape index (κ3) is 4.91. The van der Waals surface area contributed by atoms with Crippen molar-refractivity contribution < 1.29 is 14.2 Å². The zero-order valence-electron chi connectivity index (χ0n) is 22.4. The molecule has 0 radical (unpaired) electrons. The fourth-order valence-corrected chi connectivity index (χ4v) is 5.88. The van der Waals surface area contributed by atoms with Gasteiger partial charge in [0.2, 0.25) is 5.75 Å². The summed E-state index contributed by atoms with van der Waals surface area (Å²) in [6, 6.07) is 24.1. The largest absolute Gasteiger partial charge is 0.486 e. The van der Waals surface area contributed by atoms with Crippen LogP contribution in [0.4, 0.5) is 5.69 Å². The molecule has 0 atom stereocenters. The average molecular weight is 537 g/mol. The van der Waals surface area contributed by atoms with Crippen LogP contribution in [0.3, 0.4) is 0 Å². The number of fused-ring (bicyclic) bond motifs is 2. The minimum absolute atomic E-state index is 0.0769. The van der Waals surface area contributed by atoms with E-state index in [2.05, 4.69) is 51.3 Å². The first-order valence-corrected chi connectivity index (χ1v) is 14.0. The van der Waals surface area contributed by atoms with E-state index in [0.717, 1.165) is 68.4 Å². The second-order valence-corrected chi connectivity index (χ2v) is 10.6. The van der Waals surface area contributed by atoms with Crippen LogP contribution in [-0.2, 0) is 19.4 Å². The van der Waals surface area contributed by atoms with Gasteiger partial charge in [-0.15, -0.1) is 0 Å². The van der Waals surface area contributed by atoms with Crippen LogP contribution in [0.25, 0.3) is 5.69 Å². The first kappa shape index (κ1) is 24.7. The molecule has 3 aliphatic rings. The molecule has 1 fully saturated rings. The first-order valence-electron chi connectivity index (χ1n) is 14.0. The highest BCUT2D eigenvalue weighted by molar-refractivity contribution is 5.57. The van der Waals surface area contributed by atoms with Gasteiger partial charge in [0.15, 0.2) is 11.5 Å². The first-order chi connectivity index (χ1) is 19.7. The van der Waals surface area contributed by atoms with Gasteiger partial charge in [0, 0.05) is 45.6 Å². The zero-order valence-corrected chi connectivity index (χ0v) is 22.4. The minimum Gasteiger partial charge on any atom is -0.486 e. The number of rotatable bonds is 6. The number of para-hydroxylation sites is 1. The monoisotopic (exact) mass is 536 g/mol. The minimum atomic E-state index is -0.224. The Balaban J connectivity index is 1.11. The second-order valence-electron chi connectivity index (χ2n) is 10.6. The Morgan fingerprint density at radius 1 is 0.825 bits per heavy atom. The van der Waals surface area contributed by atoms with E-state index in [0.29, 0.717) is 19.0 Å². The molecule has 7 rings (SSSR count). The highest BCUT2D eigenvalue weighted by atomic mass is 16.6. The van der Waals surface area contributed by atoms with Gasteiger partial charge in [0.1, 0.15) is 25.0 Å². The molecule has 204 valence electrons. The number of nitrogens with zero attached hydrogens (tertiary/aromatic N) is 4. The molecular weight excluding hydrogens is 504 g/mol. The fraction of sp³-hybridized carbons (Fsp3) is 0.312. The molecule has 4 aromatic rings. The number of anilines is 1. The predicted octanol–water partition coefficient (Wildman–Crippen LogP) is 3.87. The Morgan fingerprint density at radius 3 is 2.27 bits per heavy atom. The molecule has 8 nitrogen and oxygen atoms in total. The lowest BCUT2D eigenvalue weighted by molar-refractivity contribution is 0.171. The summed E-state index contributed by atoms with van der Waals surface area (Å²) >= 11 is 0. The molecule has 1 aromatic heterocycles. The summed E-state index contributed by atoms with van der Waals surface area (Å²) in [5, 5.41) is 4.57. The van der Waals surface area contributed by atoms with Gasteiger partial charge in [-0.05, 0) is 41.0 Å². The Bertz CT molecular complexity index is 1540. The molecule has 1 aliphatic carbocycles. The number of ether oxygens (including phenoxy) is 3. The Kier molecular flexibility index (Phi) is 6.61. The molecule has 8 heteroatoms. The lowest BCUT2D eigenvalue weighted by Crippen LogP contribution is -2.46. The van der Waals surface area contributed by atoms with Crippen molar-refractivity contribution in [1.82, 2.24) is 14.7 Å². The molecule has 0 saturated carbocycles. The molecule has 0 bridgehead atoms. The molecule has 0 spiro atoms. The topological polar surface area (TPSA) is 69.1 Å². The van der Waals surface area contributed by atoms with Crippen molar-refractivity contribution in [3.8, 4) is 22.9 Å². The molecule has 3 heterocycles. The van der Waals surface area contributed by atoms with Crippen LogP contribution in [-0.4, -0.2) is 60.2 Å². The maximum atomic E-state index is 13.8. The third-order valence-corrected chi connectivity index (χ3v) is 7.94. The van der Waals surface area contributed by atoms with Crippen molar-refractivity contribution in [3.63, 3.8) is 0 Å². The van der Waals surface area contributed by atoms with Gasteiger partial charge in [0.25, 0.3) is 0 Å². The second kappa shape index (κ2) is 10.7. The zero-order chi connectivity index (χ0) is 26.9. The lowest BCUT2D eigenvalue weighted by atomic mass is 10.1. The van der Waals surface area contributed by atoms with E-state index < -0.39 is 0 Å². The third-order valence-electron chi connectivity index (χ3n) is 7.94. The van der Waals surface area contributed by atoms with E-state index in [9.17, 15) is 4.79 Å². The Labute approximate surface area is 233 Å². The Morgan fingerprint density at radius 2 is 1.52 bits per heavy atom. The van der Waals surface area contributed by atoms with E-state index in [-0.39, 0.29) is 11.7 Å². The van der Waals surface area contributed by atoms with Crippen LogP contribution >= 0.6 is 0 Å². The van der Waals surface area contributed by atoms with Gasteiger partial charge in [-0.3, -0.25) is 9.69 Å². The van der Waals surface area contributed by atoms with Gasteiger partial charge in [-0.25, -0.2) is 0 Å². The highest BCUT2D eigenvalue weighted by Gasteiger charge is 2.28. The lowest BCUT2D eigenvalue weighted by Gasteiger charge is -2.36. The van der Waals surface area contributed by atoms with Crippen molar-refractivity contribution in [1.29, 1.82) is 0 Å². The van der Waals surface area contributed by atoms with Crippen molar-refractivity contribution in [3.05, 3.63) is 106 Å². The summed E-state index contributed by atoms with van der Waals surface area (Å²) in [7, 11) is 0.